The number of hydrogen-bond donors (Lipinski definition) is 8. The number of primary amides is 1. The van der Waals surface area contributed by atoms with E-state index >= 15 is 0 Å². The summed E-state index contributed by atoms with van der Waals surface area (Å²) in [5, 5.41) is 22.0. The molecule has 16 heteroatoms. The van der Waals surface area contributed by atoms with Crippen molar-refractivity contribution in [1.82, 2.24) is 26.6 Å². The summed E-state index contributed by atoms with van der Waals surface area (Å²) in [5.74, 6) is -4.70. The molecule has 16 nitrogen and oxygen atoms in total. The Hall–Kier alpha value is -5.51. The van der Waals surface area contributed by atoms with E-state index in [9.17, 15) is 33.6 Å². The molecule has 2 aromatic carbocycles. The molecule has 6 amide bonds. The Morgan fingerprint density at radius 3 is 1.59 bits per heavy atom. The normalized spacial score (nSPS) is 13.3. The number of ether oxygens (including phenoxy) is 1. The number of carbonyl (C=O) groups is 7. The Morgan fingerprint density at radius 1 is 0.667 bits per heavy atom. The lowest BCUT2D eigenvalue weighted by Gasteiger charge is -2.27. The molecule has 2 aromatic rings. The van der Waals surface area contributed by atoms with Crippen molar-refractivity contribution in [3.05, 3.63) is 71.8 Å². The molecular formula is C38H55N7O9. The van der Waals surface area contributed by atoms with Crippen LogP contribution >= 0.6 is 0 Å². The Kier molecular flexibility index (Phi) is 19.2. The van der Waals surface area contributed by atoms with Crippen LogP contribution in [0.5, 0.6) is 0 Å². The molecule has 296 valence electrons. The molecule has 0 bridgehead atoms. The predicted molar refractivity (Wildman–Crippen MR) is 200 cm³/mol. The largest absolute Gasteiger partial charge is 0.481 e. The first-order valence-electron chi connectivity index (χ1n) is 18.0. The second-order valence-corrected chi connectivity index (χ2v) is 13.9. The molecular weight excluding hydrogens is 698 g/mol. The maximum absolute atomic E-state index is 14.1. The van der Waals surface area contributed by atoms with Gasteiger partial charge in [0.2, 0.25) is 29.5 Å². The van der Waals surface area contributed by atoms with Crippen LogP contribution in [0.15, 0.2) is 60.7 Å². The second-order valence-electron chi connectivity index (χ2n) is 13.9. The first-order chi connectivity index (χ1) is 25.6. The van der Waals surface area contributed by atoms with Crippen molar-refractivity contribution in [3.63, 3.8) is 0 Å². The fraction of sp³-hybridized carbons (Fsp3) is 0.500. The Balaban J connectivity index is 2.34. The monoisotopic (exact) mass is 753 g/mol. The van der Waals surface area contributed by atoms with Gasteiger partial charge in [0.05, 0.1) is 0 Å². The van der Waals surface area contributed by atoms with Gasteiger partial charge in [-0.15, -0.1) is 0 Å². The minimum absolute atomic E-state index is 0.0237. The van der Waals surface area contributed by atoms with Gasteiger partial charge in [0, 0.05) is 19.4 Å². The van der Waals surface area contributed by atoms with Gasteiger partial charge in [-0.1, -0.05) is 60.7 Å². The summed E-state index contributed by atoms with van der Waals surface area (Å²) in [7, 11) is 0. The van der Waals surface area contributed by atoms with Gasteiger partial charge in [0.25, 0.3) is 0 Å². The number of alkyl carbamates (subject to hydrolysis) is 1. The molecule has 0 fully saturated rings. The first-order valence-corrected chi connectivity index (χ1v) is 18.0. The zero-order valence-electron chi connectivity index (χ0n) is 31.2. The van der Waals surface area contributed by atoms with Gasteiger partial charge in [0.1, 0.15) is 36.2 Å². The molecule has 0 unspecified atom stereocenters. The van der Waals surface area contributed by atoms with E-state index in [2.05, 4.69) is 26.6 Å². The molecule has 4 atom stereocenters. The van der Waals surface area contributed by atoms with Crippen molar-refractivity contribution in [1.29, 1.82) is 0 Å². The highest BCUT2D eigenvalue weighted by Gasteiger charge is 2.32. The Morgan fingerprint density at radius 2 is 1.13 bits per heavy atom. The van der Waals surface area contributed by atoms with Crippen LogP contribution in [-0.2, 0) is 46.3 Å². The van der Waals surface area contributed by atoms with E-state index in [1.165, 1.54) is 0 Å². The SMILES string of the molecule is CC(C)(C)OC(=O)N[C@@H](CCCCNC(=O)CC(=O)O)C(=O)N[C@@H](Cc1ccccc1)C(=O)N[C@@H](Cc1ccccc1)C(=O)N[C@@H](CCCCN)C(N)=O. The number of amides is 6. The van der Waals surface area contributed by atoms with Crippen LogP contribution in [0.1, 0.15) is 76.8 Å². The summed E-state index contributed by atoms with van der Waals surface area (Å²) >= 11 is 0. The number of carboxylic acids is 1. The maximum Gasteiger partial charge on any atom is 0.408 e. The molecule has 10 N–H and O–H groups in total. The fourth-order valence-electron chi connectivity index (χ4n) is 5.33. The van der Waals surface area contributed by atoms with Crippen LogP contribution in [-0.4, -0.2) is 89.6 Å². The maximum atomic E-state index is 14.1. The minimum atomic E-state index is -1.26. The smallest absolute Gasteiger partial charge is 0.408 e. The summed E-state index contributed by atoms with van der Waals surface area (Å²) in [6, 6.07) is 13.3. The quantitative estimate of drug-likeness (QED) is 0.0594. The fourth-order valence-corrected chi connectivity index (χ4v) is 5.33. The van der Waals surface area contributed by atoms with Gasteiger partial charge in [-0.2, -0.15) is 0 Å². The van der Waals surface area contributed by atoms with E-state index < -0.39 is 77.8 Å². The molecule has 0 spiro atoms. The van der Waals surface area contributed by atoms with Crippen molar-refractivity contribution in [2.24, 2.45) is 11.5 Å². The van der Waals surface area contributed by atoms with Crippen LogP contribution in [0.25, 0.3) is 0 Å². The third kappa shape index (κ3) is 18.3. The van der Waals surface area contributed by atoms with Gasteiger partial charge < -0.3 is 47.9 Å². The highest BCUT2D eigenvalue weighted by Crippen LogP contribution is 2.11. The van der Waals surface area contributed by atoms with Gasteiger partial charge in [-0.05, 0) is 77.0 Å². The van der Waals surface area contributed by atoms with E-state index in [1.807, 2.05) is 0 Å². The highest BCUT2D eigenvalue weighted by atomic mass is 16.6. The van der Waals surface area contributed by atoms with Crippen LogP contribution in [0.2, 0.25) is 0 Å². The summed E-state index contributed by atoms with van der Waals surface area (Å²) in [6.07, 6.45) is 0.730. The van der Waals surface area contributed by atoms with Crippen LogP contribution in [0.4, 0.5) is 4.79 Å². The zero-order valence-corrected chi connectivity index (χ0v) is 31.2. The molecule has 54 heavy (non-hydrogen) atoms. The summed E-state index contributed by atoms with van der Waals surface area (Å²) in [4.78, 5) is 89.1. The van der Waals surface area contributed by atoms with Crippen LogP contribution in [0.3, 0.4) is 0 Å². The van der Waals surface area contributed by atoms with Crippen LogP contribution < -0.4 is 38.1 Å². The number of aliphatic carboxylic acids is 1. The van der Waals surface area contributed by atoms with Crippen molar-refractivity contribution in [2.75, 3.05) is 13.1 Å². The number of nitrogens with one attached hydrogen (secondary N) is 5. The van der Waals surface area contributed by atoms with E-state index in [4.69, 9.17) is 21.3 Å². The number of unbranched alkanes of at least 4 members (excludes halogenated alkanes) is 2. The lowest BCUT2D eigenvalue weighted by atomic mass is 10.0. The van der Waals surface area contributed by atoms with Gasteiger partial charge in [0.15, 0.2) is 0 Å². The summed E-state index contributed by atoms with van der Waals surface area (Å²) in [5.41, 5.74) is 11.7. The summed E-state index contributed by atoms with van der Waals surface area (Å²) in [6.45, 7) is 5.53. The molecule has 2 rings (SSSR count). The number of hydrogen-bond acceptors (Lipinski definition) is 9. The molecule has 0 heterocycles. The molecule has 0 saturated heterocycles. The third-order valence-corrected chi connectivity index (χ3v) is 8.00. The molecule has 0 aromatic heterocycles. The van der Waals surface area contributed by atoms with Gasteiger partial charge in [-0.3, -0.25) is 28.8 Å². The minimum Gasteiger partial charge on any atom is -0.481 e. The van der Waals surface area contributed by atoms with Crippen molar-refractivity contribution in [2.45, 2.75) is 108 Å². The third-order valence-electron chi connectivity index (χ3n) is 8.00. The first kappa shape index (κ1) is 44.7. The topological polar surface area (TPSA) is 261 Å². The van der Waals surface area contributed by atoms with E-state index in [0.717, 1.165) is 5.56 Å². The lowest BCUT2D eigenvalue weighted by Crippen LogP contribution is -2.59. The molecule has 0 aliphatic heterocycles. The van der Waals surface area contributed by atoms with Crippen molar-refractivity contribution in [3.8, 4) is 0 Å². The van der Waals surface area contributed by atoms with E-state index in [-0.39, 0.29) is 32.2 Å². The van der Waals surface area contributed by atoms with Crippen molar-refractivity contribution >= 4 is 41.6 Å². The number of carbonyl (C=O) groups excluding carboxylic acids is 6. The molecule has 0 aliphatic rings. The van der Waals surface area contributed by atoms with Crippen molar-refractivity contribution < 1.29 is 43.4 Å². The second kappa shape index (κ2) is 23.2. The molecule has 0 aliphatic carbocycles. The zero-order chi connectivity index (χ0) is 40.1. The highest BCUT2D eigenvalue weighted by molar-refractivity contribution is 5.95. The Labute approximate surface area is 315 Å². The summed E-state index contributed by atoms with van der Waals surface area (Å²) < 4.78 is 5.37. The number of benzene rings is 2. The molecule has 0 saturated carbocycles. The average molecular weight is 754 g/mol. The lowest BCUT2D eigenvalue weighted by molar-refractivity contribution is -0.140. The number of rotatable bonds is 23. The van der Waals surface area contributed by atoms with Gasteiger partial charge >= 0.3 is 12.1 Å². The van der Waals surface area contributed by atoms with Gasteiger partial charge in [-0.25, -0.2) is 4.79 Å². The predicted octanol–water partition coefficient (Wildman–Crippen LogP) is 1.20. The number of nitrogens with two attached hydrogens (primary N) is 2. The average Bonchev–Trinajstić information content (AvgIpc) is 3.09. The number of carboxylic acid groups (broad SMARTS) is 1. The van der Waals surface area contributed by atoms with Crippen LogP contribution in [0, 0.1) is 0 Å². The van der Waals surface area contributed by atoms with E-state index in [0.29, 0.717) is 37.8 Å². The Bertz CT molecular complexity index is 1530. The standard InChI is InChI=1S/C38H55N7O9/c1-38(2,3)54-37(53)45-28(19-11-13-21-41-31(46)24-32(47)48)34(50)43-30(23-26-16-8-5-9-17-26)36(52)44-29(22-25-14-6-4-7-15-25)35(51)42-27(33(40)49)18-10-12-20-39/h4-9,14-17,27-30H,10-13,18-24,39H2,1-3H3,(H2,40,49)(H,41,46)(H,42,51)(H,43,50)(H,44,52)(H,45,53)(H,47,48)/t27-,28-,29-,30-/m0/s1. The van der Waals surface area contributed by atoms with E-state index in [1.54, 1.807) is 81.4 Å². The molecule has 0 radical (unpaired) electrons.